The van der Waals surface area contributed by atoms with Gasteiger partial charge >= 0.3 is 0 Å². The van der Waals surface area contributed by atoms with Crippen molar-refractivity contribution in [1.29, 1.82) is 0 Å². The van der Waals surface area contributed by atoms with Gasteiger partial charge in [0.25, 0.3) is 5.69 Å². The van der Waals surface area contributed by atoms with E-state index in [1.807, 2.05) is 0 Å². The molecule has 0 aliphatic rings. The molecule has 0 aliphatic carbocycles. The maximum absolute atomic E-state index is 14.1. The van der Waals surface area contributed by atoms with Crippen LogP contribution >= 0.6 is 0 Å². The molecule has 0 saturated heterocycles. The van der Waals surface area contributed by atoms with Gasteiger partial charge in [-0.15, -0.1) is 10.2 Å². The van der Waals surface area contributed by atoms with Crippen molar-refractivity contribution in [2.75, 3.05) is 17.2 Å². The van der Waals surface area contributed by atoms with E-state index in [1.54, 1.807) is 30.3 Å². The first-order valence-electron chi connectivity index (χ1n) is 14.4. The molecule has 0 radical (unpaired) electrons. The van der Waals surface area contributed by atoms with Crippen molar-refractivity contribution in [2.45, 2.75) is 13.1 Å². The Morgan fingerprint density at radius 3 is 1.68 bits per heavy atom. The molecule has 0 bridgehead atoms. The second-order valence-electron chi connectivity index (χ2n) is 10.5. The molecule has 20 heteroatoms. The number of aromatic nitrogens is 10. The van der Waals surface area contributed by atoms with Gasteiger partial charge in [0.2, 0.25) is 11.9 Å². The number of non-ortho nitro benzene ring substituents is 1. The lowest BCUT2D eigenvalue weighted by molar-refractivity contribution is -0.385. The molecule has 6 aromatic heterocycles. The quantitative estimate of drug-likeness (QED) is 0.122. The third kappa shape index (κ3) is 6.05. The summed E-state index contributed by atoms with van der Waals surface area (Å²) in [5.74, 6) is -0.0555. The minimum absolute atomic E-state index is 0.0352. The van der Waals surface area contributed by atoms with Gasteiger partial charge in [0.05, 0.1) is 30.5 Å². The van der Waals surface area contributed by atoms with Gasteiger partial charge in [-0.25, -0.2) is 28.1 Å². The predicted molar refractivity (Wildman–Crippen MR) is 173 cm³/mol. The number of nitro groups is 1. The average molecular weight is 681 g/mol. The fourth-order valence-electron chi connectivity index (χ4n) is 4.96. The maximum Gasteiger partial charge on any atom is 0.269 e. The summed E-state index contributed by atoms with van der Waals surface area (Å²) in [6.07, 6.45) is 2.99. The second kappa shape index (κ2) is 12.7. The molecule has 0 amide bonds. The smallest absolute Gasteiger partial charge is 0.269 e. The minimum Gasteiger partial charge on any atom is -0.463 e. The van der Waals surface area contributed by atoms with Crippen LogP contribution in [0.1, 0.15) is 11.1 Å². The molecule has 0 unspecified atom stereocenters. The molecule has 18 nitrogen and oxygen atoms in total. The van der Waals surface area contributed by atoms with E-state index in [4.69, 9.17) is 26.0 Å². The largest absolute Gasteiger partial charge is 0.463 e. The Labute approximate surface area is 277 Å². The molecular weight excluding hydrogens is 658 g/mol. The third-order valence-corrected chi connectivity index (χ3v) is 7.22. The Morgan fingerprint density at radius 2 is 1.20 bits per heavy atom. The zero-order valence-electron chi connectivity index (χ0n) is 25.4. The molecule has 6 N–H and O–H groups in total. The molecule has 2 aromatic carbocycles. The summed E-state index contributed by atoms with van der Waals surface area (Å²) >= 11 is 0. The van der Waals surface area contributed by atoms with Crippen LogP contribution in [-0.2, 0) is 13.1 Å². The number of nitro benzene ring substituents is 1. The predicted octanol–water partition coefficient (Wildman–Crippen LogP) is 3.99. The monoisotopic (exact) mass is 680 g/mol. The fourth-order valence-corrected chi connectivity index (χ4v) is 4.96. The van der Waals surface area contributed by atoms with E-state index in [-0.39, 0.29) is 47.7 Å². The fraction of sp³-hybridized carbons (Fsp3) is 0.0667. The summed E-state index contributed by atoms with van der Waals surface area (Å²) in [4.78, 5) is 26.8. The lowest BCUT2D eigenvalue weighted by atomic mass is 10.2. The number of nitrogen functional groups attached to an aromatic ring is 3. The third-order valence-electron chi connectivity index (χ3n) is 7.22. The number of hydrogen-bond acceptors (Lipinski definition) is 15. The van der Waals surface area contributed by atoms with E-state index in [0.717, 1.165) is 18.2 Å². The first-order valence-corrected chi connectivity index (χ1v) is 14.4. The van der Waals surface area contributed by atoms with Gasteiger partial charge in [-0.05, 0) is 48.5 Å². The molecule has 0 aliphatic heterocycles. The van der Waals surface area contributed by atoms with Crippen LogP contribution in [0.15, 0.2) is 82.0 Å². The molecule has 0 fully saturated rings. The normalized spacial score (nSPS) is 11.2. The topological polar surface area (TPSA) is 260 Å². The van der Waals surface area contributed by atoms with E-state index in [0.29, 0.717) is 50.8 Å². The van der Waals surface area contributed by atoms with Crippen LogP contribution in [0.25, 0.3) is 45.2 Å². The van der Waals surface area contributed by atoms with Crippen molar-refractivity contribution in [2.24, 2.45) is 0 Å². The number of hydrogen-bond donors (Lipinski definition) is 3. The summed E-state index contributed by atoms with van der Waals surface area (Å²) in [5, 5.41) is 27.0. The van der Waals surface area contributed by atoms with Gasteiger partial charge in [-0.1, -0.05) is 10.4 Å². The van der Waals surface area contributed by atoms with E-state index in [9.17, 15) is 18.9 Å². The summed E-state index contributed by atoms with van der Waals surface area (Å²) < 4.78 is 41.4. The highest BCUT2D eigenvalue weighted by Crippen LogP contribution is 2.28. The lowest BCUT2D eigenvalue weighted by Gasteiger charge is -2.05. The molecule has 250 valence electrons. The number of benzene rings is 2. The highest BCUT2D eigenvalue weighted by molar-refractivity contribution is 5.86. The van der Waals surface area contributed by atoms with Crippen LogP contribution < -0.4 is 17.2 Å². The molecule has 8 rings (SSSR count). The Hall–Kier alpha value is -7.38. The van der Waals surface area contributed by atoms with Crippen molar-refractivity contribution in [3.8, 4) is 22.9 Å². The zero-order chi connectivity index (χ0) is 34.9. The number of anilines is 3. The molecule has 8 aromatic rings. The molecule has 50 heavy (non-hydrogen) atoms. The van der Waals surface area contributed by atoms with E-state index < -0.39 is 10.7 Å². The first-order chi connectivity index (χ1) is 24.1. The second-order valence-corrected chi connectivity index (χ2v) is 10.5. The Bertz CT molecular complexity index is 2500. The van der Waals surface area contributed by atoms with Gasteiger partial charge in [0.1, 0.15) is 23.0 Å². The van der Waals surface area contributed by atoms with Crippen molar-refractivity contribution in [3.05, 3.63) is 106 Å². The van der Waals surface area contributed by atoms with Gasteiger partial charge in [-0.3, -0.25) is 10.1 Å². The van der Waals surface area contributed by atoms with Crippen LogP contribution in [0.3, 0.4) is 0 Å². The summed E-state index contributed by atoms with van der Waals surface area (Å²) in [6.45, 7) is -0.000513. The van der Waals surface area contributed by atoms with Crippen molar-refractivity contribution in [1.82, 2.24) is 49.9 Å². The van der Waals surface area contributed by atoms with E-state index >= 15 is 0 Å². The van der Waals surface area contributed by atoms with Crippen LogP contribution in [0, 0.1) is 21.7 Å². The lowest BCUT2D eigenvalue weighted by Crippen LogP contribution is -2.07. The molecule has 0 saturated carbocycles. The van der Waals surface area contributed by atoms with Crippen molar-refractivity contribution >= 4 is 45.6 Å². The van der Waals surface area contributed by atoms with E-state index in [1.165, 1.54) is 34.0 Å². The van der Waals surface area contributed by atoms with Gasteiger partial charge in [-0.2, -0.15) is 9.97 Å². The molecule has 6 heterocycles. The molecule has 0 spiro atoms. The van der Waals surface area contributed by atoms with Crippen LogP contribution in [-0.4, -0.2) is 54.8 Å². The van der Waals surface area contributed by atoms with Crippen molar-refractivity contribution < 1.29 is 22.5 Å². The maximum atomic E-state index is 14.1. The van der Waals surface area contributed by atoms with Crippen LogP contribution in [0.4, 0.5) is 32.1 Å². The van der Waals surface area contributed by atoms with Gasteiger partial charge in [0.15, 0.2) is 33.8 Å². The Morgan fingerprint density at radius 1 is 0.700 bits per heavy atom. The van der Waals surface area contributed by atoms with Gasteiger partial charge < -0.3 is 26.0 Å². The number of nitrogens with zero attached hydrogens (tertiary/aromatic N) is 11. The van der Waals surface area contributed by atoms with E-state index in [2.05, 4.69) is 40.6 Å². The number of furan rings is 2. The zero-order valence-corrected chi connectivity index (χ0v) is 25.4. The number of halogens is 2. The highest BCUT2D eigenvalue weighted by atomic mass is 19.1. The Balaban J connectivity index is 0.000000157. The number of nitrogens with two attached hydrogens (primary N) is 3. The summed E-state index contributed by atoms with van der Waals surface area (Å²) in [6, 6.07) is 14.4. The SMILES string of the molecule is Nc1ccc(F)c(Cn2nnc3c(-c4ccco4)nc(N)nc32)c1.Nc1nc(-c2ccco2)c2nnn(Cc3cc([N+](=O)[O-])ccc3F)c2n1. The average Bonchev–Trinajstić information content (AvgIpc) is 3.92. The standard InChI is InChI=1S/C15H10FN7O3.C15H12FN7O/c16-10-4-3-9(23(24)25)6-8(10)7-22-14-13(20-21-22)12(18-15(17)19-14)11-2-1-5-26-11;16-10-4-3-9(17)6-8(10)7-23-14-13(21-22-23)12(19-15(18)20-14)11-2-1-5-24-11/h1-6H,7H2,(H2,17,18,19);1-6H,7,17H2,(H2,18,19,20). The summed E-state index contributed by atoms with van der Waals surface area (Å²) in [5.41, 5.74) is 20.1. The highest BCUT2D eigenvalue weighted by Gasteiger charge is 2.20. The van der Waals surface area contributed by atoms with Crippen molar-refractivity contribution in [3.63, 3.8) is 0 Å². The summed E-state index contributed by atoms with van der Waals surface area (Å²) in [7, 11) is 0. The van der Waals surface area contributed by atoms with Crippen LogP contribution in [0.2, 0.25) is 0 Å². The van der Waals surface area contributed by atoms with Gasteiger partial charge in [0, 0.05) is 28.9 Å². The molecule has 0 atom stereocenters. The Kier molecular flexibility index (Phi) is 7.91. The number of rotatable bonds is 7. The molecular formula is C30H22F2N14O4. The first kappa shape index (κ1) is 31.2. The minimum atomic E-state index is -0.604. The van der Waals surface area contributed by atoms with Crippen LogP contribution in [0.5, 0.6) is 0 Å². The number of fused-ring (bicyclic) bond motifs is 2.